The highest BCUT2D eigenvalue weighted by atomic mass is 16.7. The van der Waals surface area contributed by atoms with Gasteiger partial charge in [-0.25, -0.2) is 4.79 Å². The van der Waals surface area contributed by atoms with Gasteiger partial charge in [-0.2, -0.15) is 0 Å². The van der Waals surface area contributed by atoms with E-state index >= 15 is 0 Å². The van der Waals surface area contributed by atoms with Crippen LogP contribution in [0.5, 0.6) is 40.2 Å². The molecule has 0 saturated carbocycles. The number of ether oxygens (including phenoxy) is 4. The van der Waals surface area contributed by atoms with Crippen molar-refractivity contribution in [2.24, 2.45) is 0 Å². The van der Waals surface area contributed by atoms with Crippen LogP contribution in [-0.2, 0) is 19.0 Å². The summed E-state index contributed by atoms with van der Waals surface area (Å²) in [6, 6.07) is 8.55. The third-order valence-electron chi connectivity index (χ3n) is 9.24. The third-order valence-corrected chi connectivity index (χ3v) is 9.24. The van der Waals surface area contributed by atoms with E-state index in [2.05, 4.69) is 0 Å². The van der Waals surface area contributed by atoms with Gasteiger partial charge in [0.15, 0.2) is 34.4 Å². The minimum absolute atomic E-state index is 0.170. The lowest BCUT2D eigenvalue weighted by Gasteiger charge is -2.53. The zero-order valence-electron chi connectivity index (χ0n) is 28.2. The summed E-state index contributed by atoms with van der Waals surface area (Å²) in [5, 5.41) is 126. The van der Waals surface area contributed by atoms with Crippen molar-refractivity contribution >= 4 is 23.0 Å². The Labute approximate surface area is 308 Å². The number of aromatic hydroxyl groups is 6. The van der Waals surface area contributed by atoms with E-state index in [1.165, 1.54) is 18.2 Å². The first-order valence-electron chi connectivity index (χ1n) is 16.5. The number of carbonyl (C=O) groups is 1. The van der Waals surface area contributed by atoms with Crippen molar-refractivity contribution in [2.45, 2.75) is 61.0 Å². The predicted molar refractivity (Wildman–Crippen MR) is 183 cm³/mol. The number of esters is 1. The molecule has 0 radical (unpaired) electrons. The molecule has 6 rings (SSSR count). The Morgan fingerprint density at radius 1 is 0.855 bits per heavy atom. The zero-order valence-corrected chi connectivity index (χ0v) is 28.2. The van der Waals surface area contributed by atoms with Crippen molar-refractivity contribution in [3.63, 3.8) is 0 Å². The van der Waals surface area contributed by atoms with Crippen molar-refractivity contribution in [2.75, 3.05) is 13.2 Å². The summed E-state index contributed by atoms with van der Waals surface area (Å²) in [7, 11) is 0. The summed E-state index contributed by atoms with van der Waals surface area (Å²) in [5.41, 5.74) is -4.65. The van der Waals surface area contributed by atoms with Crippen LogP contribution in [0.4, 0.5) is 0 Å². The Balaban J connectivity index is 1.42. The van der Waals surface area contributed by atoms with Crippen LogP contribution < -0.4 is 10.2 Å². The second-order valence-corrected chi connectivity index (χ2v) is 12.9. The summed E-state index contributed by atoms with van der Waals surface area (Å²) in [5.74, 6) is -6.01. The predicted octanol–water partition coefficient (Wildman–Crippen LogP) is -0.622. The van der Waals surface area contributed by atoms with Crippen LogP contribution in [0.3, 0.4) is 0 Å². The highest BCUT2D eigenvalue weighted by Crippen LogP contribution is 2.43. The molecule has 0 spiro atoms. The number of phenolic OH excluding ortho intramolecular Hbond substituents is 6. The Hall–Kier alpha value is -5.64. The molecule has 1 aromatic heterocycles. The Bertz CT molecular complexity index is 2170. The molecule has 2 saturated heterocycles. The molecule has 0 bridgehead atoms. The van der Waals surface area contributed by atoms with Crippen LogP contribution in [0.2, 0.25) is 0 Å². The van der Waals surface area contributed by atoms with E-state index in [1.807, 2.05) is 0 Å². The second kappa shape index (κ2) is 15.2. The molecule has 3 aromatic carbocycles. The standard InChI is InChI=1S/C36H36O19/c37-12-17-11-23(44)28(46)34(52-17)36(50)33(49)29(47)25(13-51-26(45)6-2-14-1-4-18(39)20(41)7-14)54-35(36)55-32-30(48)27-22(43)9-16(38)10-24(27)53-31(32)15-3-5-19(40)21(42)8-15/h1-10,17,23,25,28-29,33-35,37-44,46-47,49-50H,11-13H2/b6-2+/t17-,23-,25+,28+,29-,33-,34+,35-,36-/m0/s1. The number of carbonyl (C=O) groups excluding carboxylic acids is 1. The van der Waals surface area contributed by atoms with Gasteiger partial charge < -0.3 is 84.6 Å². The molecule has 294 valence electrons. The third kappa shape index (κ3) is 7.42. The first-order chi connectivity index (χ1) is 26.0. The zero-order chi connectivity index (χ0) is 39.9. The van der Waals surface area contributed by atoms with Gasteiger partial charge in [0.05, 0.1) is 18.8 Å². The molecule has 12 N–H and O–H groups in total. The van der Waals surface area contributed by atoms with Gasteiger partial charge in [-0.15, -0.1) is 0 Å². The molecule has 2 fully saturated rings. The minimum atomic E-state index is -3.15. The number of hydrogen-bond donors (Lipinski definition) is 12. The van der Waals surface area contributed by atoms with Gasteiger partial charge in [-0.3, -0.25) is 4.79 Å². The van der Waals surface area contributed by atoms with E-state index in [0.29, 0.717) is 0 Å². The second-order valence-electron chi connectivity index (χ2n) is 12.9. The lowest BCUT2D eigenvalue weighted by atomic mass is 9.77. The van der Waals surface area contributed by atoms with Gasteiger partial charge in [-0.1, -0.05) is 6.07 Å². The van der Waals surface area contributed by atoms with E-state index in [-0.39, 0.29) is 17.5 Å². The van der Waals surface area contributed by atoms with Crippen molar-refractivity contribution in [1.82, 2.24) is 0 Å². The Morgan fingerprint density at radius 2 is 1.55 bits per heavy atom. The first-order valence-corrected chi connectivity index (χ1v) is 16.5. The van der Waals surface area contributed by atoms with Crippen LogP contribution in [0, 0.1) is 0 Å². The van der Waals surface area contributed by atoms with Gasteiger partial charge in [0.2, 0.25) is 17.5 Å². The van der Waals surface area contributed by atoms with Crippen LogP contribution in [0.25, 0.3) is 28.4 Å². The molecule has 19 nitrogen and oxygen atoms in total. The highest BCUT2D eigenvalue weighted by molar-refractivity contribution is 5.88. The highest BCUT2D eigenvalue weighted by Gasteiger charge is 2.64. The normalized spacial score (nSPS) is 28.3. The average Bonchev–Trinajstić information content (AvgIpc) is 3.14. The minimum Gasteiger partial charge on any atom is -0.508 e. The maximum atomic E-state index is 14.1. The number of phenols is 6. The monoisotopic (exact) mass is 772 g/mol. The molecule has 55 heavy (non-hydrogen) atoms. The van der Waals surface area contributed by atoms with Crippen molar-refractivity contribution in [1.29, 1.82) is 0 Å². The summed E-state index contributed by atoms with van der Waals surface area (Å²) in [6.45, 7) is -1.61. The van der Waals surface area contributed by atoms with Crippen LogP contribution in [-0.4, -0.2) is 135 Å². The van der Waals surface area contributed by atoms with Crippen molar-refractivity contribution < 1.29 is 89.4 Å². The summed E-state index contributed by atoms with van der Waals surface area (Å²) in [4.78, 5) is 26.7. The molecule has 9 atom stereocenters. The fraction of sp³-hybridized carbons (Fsp3) is 0.333. The molecule has 19 heteroatoms. The number of rotatable bonds is 9. The maximum absolute atomic E-state index is 14.1. The molecular weight excluding hydrogens is 736 g/mol. The molecule has 0 unspecified atom stereocenters. The average molecular weight is 773 g/mol. The maximum Gasteiger partial charge on any atom is 0.330 e. The summed E-state index contributed by atoms with van der Waals surface area (Å²) >= 11 is 0. The molecule has 0 aliphatic carbocycles. The summed E-state index contributed by atoms with van der Waals surface area (Å²) in [6.07, 6.45) is -14.2. The smallest absolute Gasteiger partial charge is 0.330 e. The number of aliphatic hydroxyl groups is 6. The molecule has 2 aliphatic heterocycles. The van der Waals surface area contributed by atoms with Crippen molar-refractivity contribution in [3.05, 3.63) is 70.4 Å². The molecule has 4 aromatic rings. The van der Waals surface area contributed by atoms with Gasteiger partial charge in [-0.05, 0) is 42.0 Å². The van der Waals surface area contributed by atoms with E-state index < -0.39 is 136 Å². The fourth-order valence-electron chi connectivity index (χ4n) is 6.34. The first kappa shape index (κ1) is 39.1. The number of fused-ring (bicyclic) bond motifs is 1. The number of benzene rings is 3. The number of hydrogen-bond acceptors (Lipinski definition) is 19. The van der Waals surface area contributed by atoms with E-state index in [1.54, 1.807) is 0 Å². The van der Waals surface area contributed by atoms with Gasteiger partial charge >= 0.3 is 5.97 Å². The fourth-order valence-corrected chi connectivity index (χ4v) is 6.34. The van der Waals surface area contributed by atoms with Gasteiger partial charge in [0, 0.05) is 30.2 Å². The molecule has 2 aliphatic rings. The Morgan fingerprint density at radius 3 is 2.22 bits per heavy atom. The SMILES string of the molecule is O=C(/C=C/c1ccc(O)c(O)c1)OC[C@H]1O[C@@H](Oc2c(-c3ccc(O)c(O)c3)oc3cc(O)cc(O)c3c2=O)[C@@](O)([C@@H]2O[C@H](CO)C[C@H](O)[C@H]2O)[C@@H](O)[C@H]1O. The van der Waals surface area contributed by atoms with Crippen molar-refractivity contribution in [3.8, 4) is 51.6 Å². The van der Waals surface area contributed by atoms with Gasteiger partial charge in [0.1, 0.15) is 59.6 Å². The van der Waals surface area contributed by atoms with E-state index in [4.69, 9.17) is 23.4 Å². The molecule has 0 amide bonds. The van der Waals surface area contributed by atoms with Gasteiger partial charge in [0.25, 0.3) is 0 Å². The number of aliphatic hydroxyl groups excluding tert-OH is 5. The van der Waals surface area contributed by atoms with E-state index in [9.17, 15) is 70.9 Å². The quantitative estimate of drug-likeness (QED) is 0.0573. The summed E-state index contributed by atoms with van der Waals surface area (Å²) < 4.78 is 28.4. The lowest BCUT2D eigenvalue weighted by molar-refractivity contribution is -0.366. The topological polar surface area (TPSA) is 327 Å². The molecule has 3 heterocycles. The molecular formula is C36H36O19. The lowest BCUT2D eigenvalue weighted by Crippen LogP contribution is -2.76. The Kier molecular flexibility index (Phi) is 10.8. The van der Waals surface area contributed by atoms with Crippen LogP contribution in [0.15, 0.2) is 63.8 Å². The van der Waals surface area contributed by atoms with Crippen LogP contribution >= 0.6 is 0 Å². The largest absolute Gasteiger partial charge is 0.508 e. The van der Waals surface area contributed by atoms with Crippen LogP contribution in [0.1, 0.15) is 12.0 Å². The van der Waals surface area contributed by atoms with E-state index in [0.717, 1.165) is 42.5 Å².